The van der Waals surface area contributed by atoms with Crippen molar-refractivity contribution in [3.8, 4) is 0 Å². The first-order chi connectivity index (χ1) is 12.3. The Morgan fingerprint density at radius 3 is 2.35 bits per heavy atom. The molecule has 13 heteroatoms. The van der Waals surface area contributed by atoms with Gasteiger partial charge in [0.05, 0.1) is 17.6 Å². The molecular weight excluding hydrogens is 374 g/mol. The molecule has 2 unspecified atom stereocenters. The summed E-state index contributed by atoms with van der Waals surface area (Å²) in [7, 11) is 0. The Labute approximate surface area is 149 Å². The first-order valence-electron chi connectivity index (χ1n) is 6.98. The number of nitrogens with one attached hydrogen (secondary N) is 2. The monoisotopic (exact) mass is 385 g/mol. The summed E-state index contributed by atoms with van der Waals surface area (Å²) in [6.45, 7) is -0.686. The second kappa shape index (κ2) is 7.86. The summed E-state index contributed by atoms with van der Waals surface area (Å²) in [5.74, 6) is -1.63. The van der Waals surface area contributed by atoms with Crippen LogP contribution in [-0.4, -0.2) is 48.8 Å². The predicted octanol–water partition coefficient (Wildman–Crippen LogP) is 0.704. The van der Waals surface area contributed by atoms with Crippen LogP contribution in [0.15, 0.2) is 24.3 Å². The van der Waals surface area contributed by atoms with Crippen LogP contribution in [0.25, 0.3) is 0 Å². The molecule has 0 saturated carbocycles. The van der Waals surface area contributed by atoms with Crippen LogP contribution < -0.4 is 5.32 Å². The fraction of sp³-hybridized carbons (Fsp3) is 0.231. The Kier molecular flexibility index (Phi) is 5.82. The minimum atomic E-state index is -1.41. The van der Waals surface area contributed by atoms with Gasteiger partial charge >= 0.3 is 5.82 Å². The molecule has 1 aromatic heterocycles. The summed E-state index contributed by atoms with van der Waals surface area (Å²) in [4.78, 5) is 32.0. The van der Waals surface area contributed by atoms with Crippen LogP contribution in [0.5, 0.6) is 0 Å². The molecule has 0 aliphatic rings. The summed E-state index contributed by atoms with van der Waals surface area (Å²) in [6.07, 6.45) is -1.41. The molecule has 0 bridgehead atoms. The number of carbonyl (C=O) groups excluding carboxylic acids is 1. The van der Waals surface area contributed by atoms with Gasteiger partial charge in [-0.05, 0) is 22.6 Å². The summed E-state index contributed by atoms with van der Waals surface area (Å²) in [5.41, 5.74) is -0.470. The smallest absolute Gasteiger partial charge is 0.362 e. The second-order valence-electron chi connectivity index (χ2n) is 5.05. The van der Waals surface area contributed by atoms with Crippen molar-refractivity contribution in [3.05, 3.63) is 60.8 Å². The van der Waals surface area contributed by atoms with Gasteiger partial charge < -0.3 is 25.6 Å². The lowest BCUT2D eigenvalue weighted by molar-refractivity contribution is -0.389. The Balaban J connectivity index is 2.16. The lowest BCUT2D eigenvalue weighted by atomic mass is 10.0. The number of halogens is 1. The van der Waals surface area contributed by atoms with E-state index in [2.05, 4.69) is 10.4 Å². The zero-order valence-corrected chi connectivity index (χ0v) is 13.6. The fourth-order valence-electron chi connectivity index (χ4n) is 2.08. The SMILES string of the molecule is O=C(NC(CO)C(O)c1ccc([N+](=O)[O-])cc1)c1n[nH]c([N+](=O)[O-])c1Cl. The topological polar surface area (TPSA) is 185 Å². The standard InChI is InChI=1S/C13H12ClN5O7/c14-9-10(16-17-12(9)19(25)26)13(22)15-8(5-20)11(21)6-1-3-7(4-2-6)18(23)24/h1-4,8,11,20-21H,5H2,(H,15,22)(H,16,17). The third-order valence-electron chi connectivity index (χ3n) is 3.43. The summed E-state index contributed by atoms with van der Waals surface area (Å²) < 4.78 is 0. The molecule has 2 rings (SSSR count). The van der Waals surface area contributed by atoms with E-state index in [1.807, 2.05) is 5.10 Å². The first kappa shape index (κ1) is 19.2. The van der Waals surface area contributed by atoms with E-state index >= 15 is 0 Å². The lowest BCUT2D eigenvalue weighted by Gasteiger charge is -2.22. The van der Waals surface area contributed by atoms with Gasteiger partial charge in [0.25, 0.3) is 11.6 Å². The van der Waals surface area contributed by atoms with Crippen LogP contribution in [0, 0.1) is 20.2 Å². The molecule has 0 aliphatic heterocycles. The number of aliphatic hydroxyl groups is 2. The van der Waals surface area contributed by atoms with E-state index in [1.54, 1.807) is 0 Å². The number of rotatable bonds is 7. The number of hydrogen-bond acceptors (Lipinski definition) is 8. The van der Waals surface area contributed by atoms with Crippen molar-refractivity contribution >= 4 is 29.0 Å². The highest BCUT2D eigenvalue weighted by molar-refractivity contribution is 6.35. The molecule has 12 nitrogen and oxygen atoms in total. The van der Waals surface area contributed by atoms with Crippen molar-refractivity contribution in [2.75, 3.05) is 6.61 Å². The van der Waals surface area contributed by atoms with Crippen LogP contribution in [0.2, 0.25) is 5.02 Å². The van der Waals surface area contributed by atoms with Crippen LogP contribution in [0.3, 0.4) is 0 Å². The van der Waals surface area contributed by atoms with Gasteiger partial charge in [-0.25, -0.2) is 0 Å². The maximum Gasteiger partial charge on any atom is 0.362 e. The van der Waals surface area contributed by atoms with E-state index in [1.165, 1.54) is 12.1 Å². The number of nitro groups is 2. The Bertz CT molecular complexity index is 838. The zero-order chi connectivity index (χ0) is 19.4. The van der Waals surface area contributed by atoms with Gasteiger partial charge in [0, 0.05) is 12.1 Å². The number of carbonyl (C=O) groups is 1. The number of nitrogens with zero attached hydrogens (tertiary/aromatic N) is 3. The maximum absolute atomic E-state index is 12.1. The van der Waals surface area contributed by atoms with Gasteiger partial charge in [-0.3, -0.25) is 14.9 Å². The molecule has 0 saturated heterocycles. The van der Waals surface area contributed by atoms with Crippen LogP contribution in [0.1, 0.15) is 22.2 Å². The second-order valence-corrected chi connectivity index (χ2v) is 5.43. The van der Waals surface area contributed by atoms with Crippen molar-refractivity contribution in [1.29, 1.82) is 0 Å². The lowest BCUT2D eigenvalue weighted by Crippen LogP contribution is -2.42. The minimum Gasteiger partial charge on any atom is -0.394 e. The number of aromatic amines is 1. The van der Waals surface area contributed by atoms with Crippen molar-refractivity contribution in [2.24, 2.45) is 0 Å². The Hall–Kier alpha value is -3.09. The fourth-order valence-corrected chi connectivity index (χ4v) is 2.32. The number of nitro benzene ring substituents is 1. The predicted molar refractivity (Wildman–Crippen MR) is 86.6 cm³/mol. The molecule has 1 aromatic carbocycles. The van der Waals surface area contributed by atoms with Crippen molar-refractivity contribution in [3.63, 3.8) is 0 Å². The molecule has 2 aromatic rings. The molecule has 138 valence electrons. The number of non-ortho nitro benzene ring substituents is 1. The molecule has 1 amide bonds. The molecule has 26 heavy (non-hydrogen) atoms. The van der Waals surface area contributed by atoms with Crippen molar-refractivity contribution in [1.82, 2.24) is 15.5 Å². The molecular formula is C13H12ClN5O7. The molecule has 0 fully saturated rings. The first-order valence-corrected chi connectivity index (χ1v) is 7.36. The van der Waals surface area contributed by atoms with Crippen LogP contribution in [0.4, 0.5) is 11.5 Å². The van der Waals surface area contributed by atoms with E-state index in [0.29, 0.717) is 0 Å². The highest BCUT2D eigenvalue weighted by atomic mass is 35.5. The van der Waals surface area contributed by atoms with E-state index in [9.17, 15) is 35.2 Å². The molecule has 4 N–H and O–H groups in total. The third kappa shape index (κ3) is 3.93. The van der Waals surface area contributed by atoms with Crippen molar-refractivity contribution in [2.45, 2.75) is 12.1 Å². The highest BCUT2D eigenvalue weighted by Gasteiger charge is 2.29. The van der Waals surface area contributed by atoms with Gasteiger partial charge in [0.1, 0.15) is 6.10 Å². The molecule has 2 atom stereocenters. The van der Waals surface area contributed by atoms with E-state index < -0.39 is 51.0 Å². The average molecular weight is 386 g/mol. The quantitative estimate of drug-likeness (QED) is 0.396. The molecule has 0 radical (unpaired) electrons. The average Bonchev–Trinajstić information content (AvgIpc) is 3.00. The number of aromatic nitrogens is 2. The number of aliphatic hydroxyl groups excluding tert-OH is 2. The third-order valence-corrected chi connectivity index (χ3v) is 3.78. The van der Waals surface area contributed by atoms with Gasteiger partial charge in [0.15, 0.2) is 10.7 Å². The van der Waals surface area contributed by atoms with Crippen LogP contribution >= 0.6 is 11.6 Å². The van der Waals surface area contributed by atoms with E-state index in [4.69, 9.17) is 11.6 Å². The van der Waals surface area contributed by atoms with E-state index in [0.717, 1.165) is 12.1 Å². The molecule has 1 heterocycles. The Morgan fingerprint density at radius 2 is 1.88 bits per heavy atom. The van der Waals surface area contributed by atoms with Gasteiger partial charge in [-0.2, -0.15) is 0 Å². The zero-order valence-electron chi connectivity index (χ0n) is 12.8. The highest BCUT2D eigenvalue weighted by Crippen LogP contribution is 2.25. The van der Waals surface area contributed by atoms with Gasteiger partial charge in [-0.15, -0.1) is 5.10 Å². The summed E-state index contributed by atoms with van der Waals surface area (Å²) >= 11 is 5.70. The number of hydrogen-bond donors (Lipinski definition) is 4. The number of benzene rings is 1. The largest absolute Gasteiger partial charge is 0.394 e. The molecule has 0 spiro atoms. The number of amides is 1. The normalized spacial score (nSPS) is 13.0. The van der Waals surface area contributed by atoms with E-state index in [-0.39, 0.29) is 11.3 Å². The van der Waals surface area contributed by atoms with Crippen LogP contribution in [-0.2, 0) is 0 Å². The maximum atomic E-state index is 12.1. The summed E-state index contributed by atoms with van der Waals surface area (Å²) in [6, 6.07) is 3.63. The summed E-state index contributed by atoms with van der Waals surface area (Å²) in [5, 5.41) is 48.1. The van der Waals surface area contributed by atoms with Crippen molar-refractivity contribution < 1.29 is 24.9 Å². The minimum absolute atomic E-state index is 0.193. The molecule has 0 aliphatic carbocycles. The van der Waals surface area contributed by atoms with Gasteiger partial charge in [0.2, 0.25) is 0 Å². The van der Waals surface area contributed by atoms with Gasteiger partial charge in [-0.1, -0.05) is 16.7 Å². The number of H-pyrrole nitrogens is 1. The Morgan fingerprint density at radius 1 is 1.27 bits per heavy atom.